The molecule has 6 nitrogen and oxygen atoms in total. The first kappa shape index (κ1) is 24.1. The highest BCUT2D eigenvalue weighted by Crippen LogP contribution is 2.24. The van der Waals surface area contributed by atoms with E-state index >= 15 is 0 Å². The summed E-state index contributed by atoms with van der Waals surface area (Å²) in [6.07, 6.45) is 0. The molecule has 0 aliphatic carbocycles. The second kappa shape index (κ2) is 10.4. The smallest absolute Gasteiger partial charge is 0.261 e. The molecule has 0 bridgehead atoms. The van der Waals surface area contributed by atoms with E-state index in [0.717, 1.165) is 10.0 Å². The molecule has 1 atom stereocenters. The summed E-state index contributed by atoms with van der Waals surface area (Å²) in [7, 11) is -3.78. The zero-order valence-electron chi connectivity index (χ0n) is 17.4. The maximum atomic E-state index is 12.6. The van der Waals surface area contributed by atoms with Gasteiger partial charge in [0.05, 0.1) is 10.9 Å². The monoisotopic (exact) mass is 536 g/mol. The third-order valence-corrected chi connectivity index (χ3v) is 6.82. The fourth-order valence-corrected chi connectivity index (χ4v) is 4.48. The summed E-state index contributed by atoms with van der Waals surface area (Å²) in [5.74, 6) is 0.155. The summed E-state index contributed by atoms with van der Waals surface area (Å²) in [5.41, 5.74) is 1.97. The minimum Gasteiger partial charge on any atom is -0.484 e. The fraction of sp³-hybridized carbons (Fsp3) is 0.174. The minimum absolute atomic E-state index is 0.0885. The highest BCUT2D eigenvalue weighted by atomic mass is 79.9. The van der Waals surface area contributed by atoms with Gasteiger partial charge in [-0.05, 0) is 79.6 Å². The van der Waals surface area contributed by atoms with Crippen molar-refractivity contribution < 1.29 is 17.9 Å². The lowest BCUT2D eigenvalue weighted by atomic mass is 10.1. The van der Waals surface area contributed by atoms with Gasteiger partial charge in [-0.15, -0.1) is 0 Å². The Morgan fingerprint density at radius 1 is 1.06 bits per heavy atom. The Bertz CT molecular complexity index is 1200. The summed E-state index contributed by atoms with van der Waals surface area (Å²) < 4.78 is 34.4. The number of sulfonamides is 1. The maximum absolute atomic E-state index is 12.6. The largest absolute Gasteiger partial charge is 0.484 e. The van der Waals surface area contributed by atoms with Gasteiger partial charge in [-0.2, -0.15) is 0 Å². The van der Waals surface area contributed by atoms with Gasteiger partial charge in [-0.25, -0.2) is 8.42 Å². The number of hydrogen-bond donors (Lipinski definition) is 2. The number of nitrogens with one attached hydrogen (secondary N) is 2. The number of carbonyl (C=O) groups excluding carboxylic acids is 1. The Labute approximate surface area is 201 Å². The molecule has 3 aromatic carbocycles. The van der Waals surface area contributed by atoms with Crippen LogP contribution in [0.2, 0.25) is 5.02 Å². The van der Waals surface area contributed by atoms with E-state index in [1.54, 1.807) is 31.2 Å². The van der Waals surface area contributed by atoms with Crippen LogP contribution in [0.3, 0.4) is 0 Å². The molecular weight excluding hydrogens is 516 g/mol. The van der Waals surface area contributed by atoms with Gasteiger partial charge < -0.3 is 10.1 Å². The molecular formula is C23H22BrClN2O4S. The molecule has 0 unspecified atom stereocenters. The summed E-state index contributed by atoms with van der Waals surface area (Å²) >= 11 is 9.22. The molecule has 0 heterocycles. The molecule has 32 heavy (non-hydrogen) atoms. The molecule has 0 saturated heterocycles. The SMILES string of the molecule is Cc1cc(S(=O)(=O)Nc2ccc(Cl)cc2)ccc1OCC(=O)N[C@@H](C)c1ccc(Br)cc1. The lowest BCUT2D eigenvalue weighted by Gasteiger charge is -2.16. The second-order valence-corrected chi connectivity index (χ2v) is 10.2. The number of anilines is 1. The van der Waals surface area contributed by atoms with Crippen LogP contribution in [0.1, 0.15) is 24.1 Å². The highest BCUT2D eigenvalue weighted by Gasteiger charge is 2.17. The van der Waals surface area contributed by atoms with Crippen LogP contribution in [0, 0.1) is 6.92 Å². The molecule has 9 heteroatoms. The average molecular weight is 538 g/mol. The van der Waals surface area contributed by atoms with E-state index in [1.807, 2.05) is 31.2 Å². The number of carbonyl (C=O) groups is 1. The van der Waals surface area contributed by atoms with Crippen LogP contribution < -0.4 is 14.8 Å². The van der Waals surface area contributed by atoms with Gasteiger partial charge in [-0.3, -0.25) is 9.52 Å². The molecule has 3 aromatic rings. The molecule has 0 aliphatic heterocycles. The van der Waals surface area contributed by atoms with E-state index in [9.17, 15) is 13.2 Å². The maximum Gasteiger partial charge on any atom is 0.261 e. The van der Waals surface area contributed by atoms with Gasteiger partial charge in [0.15, 0.2) is 6.61 Å². The number of hydrogen-bond acceptors (Lipinski definition) is 4. The van der Waals surface area contributed by atoms with E-state index in [1.165, 1.54) is 18.2 Å². The lowest BCUT2D eigenvalue weighted by Crippen LogP contribution is -2.31. The van der Waals surface area contributed by atoms with Crippen molar-refractivity contribution in [3.8, 4) is 5.75 Å². The van der Waals surface area contributed by atoms with E-state index in [0.29, 0.717) is 22.0 Å². The summed E-state index contributed by atoms with van der Waals surface area (Å²) in [4.78, 5) is 12.4. The van der Waals surface area contributed by atoms with Crippen LogP contribution in [0.15, 0.2) is 76.1 Å². The van der Waals surface area contributed by atoms with Gasteiger partial charge in [0.25, 0.3) is 15.9 Å². The normalized spacial score (nSPS) is 12.1. The van der Waals surface area contributed by atoms with Crippen LogP contribution in [-0.4, -0.2) is 20.9 Å². The van der Waals surface area contributed by atoms with E-state index in [2.05, 4.69) is 26.0 Å². The Hall–Kier alpha value is -2.55. The highest BCUT2D eigenvalue weighted by molar-refractivity contribution is 9.10. The zero-order valence-corrected chi connectivity index (χ0v) is 20.6. The Kier molecular flexibility index (Phi) is 7.82. The van der Waals surface area contributed by atoms with Gasteiger partial charge >= 0.3 is 0 Å². The molecule has 168 valence electrons. The topological polar surface area (TPSA) is 84.5 Å². The van der Waals surface area contributed by atoms with Crippen molar-refractivity contribution >= 4 is 49.1 Å². The second-order valence-electron chi connectivity index (χ2n) is 7.17. The number of rotatable bonds is 8. The van der Waals surface area contributed by atoms with E-state index in [4.69, 9.17) is 16.3 Å². The number of ether oxygens (including phenoxy) is 1. The van der Waals surface area contributed by atoms with Gasteiger partial charge in [0.2, 0.25) is 0 Å². The third-order valence-electron chi connectivity index (χ3n) is 4.66. The molecule has 0 aliphatic rings. The van der Waals surface area contributed by atoms with Crippen LogP contribution in [-0.2, 0) is 14.8 Å². The molecule has 0 spiro atoms. The summed E-state index contributed by atoms with van der Waals surface area (Å²) in [6, 6.07) is 18.3. The zero-order chi connectivity index (χ0) is 23.3. The first-order valence-corrected chi connectivity index (χ1v) is 12.4. The predicted octanol–water partition coefficient (Wildman–Crippen LogP) is 5.47. The van der Waals surface area contributed by atoms with E-state index < -0.39 is 10.0 Å². The Morgan fingerprint density at radius 2 is 1.72 bits per heavy atom. The minimum atomic E-state index is -3.78. The van der Waals surface area contributed by atoms with Crippen LogP contribution in [0.4, 0.5) is 5.69 Å². The number of aryl methyl sites for hydroxylation is 1. The van der Waals surface area contributed by atoms with Crippen LogP contribution in [0.5, 0.6) is 5.75 Å². The molecule has 0 saturated carbocycles. The standard InChI is InChI=1S/C23H22BrClN2O4S/c1-15-13-21(32(29,30)27-20-9-7-19(25)8-10-20)11-12-22(15)31-14-23(28)26-16(2)17-3-5-18(24)6-4-17/h3-13,16,27H,14H2,1-2H3,(H,26,28)/t16-/m0/s1. The lowest BCUT2D eigenvalue weighted by molar-refractivity contribution is -0.123. The first-order chi connectivity index (χ1) is 15.1. The van der Waals surface area contributed by atoms with Crippen LogP contribution >= 0.6 is 27.5 Å². The van der Waals surface area contributed by atoms with Crippen molar-refractivity contribution in [2.75, 3.05) is 11.3 Å². The molecule has 0 fully saturated rings. The number of amides is 1. The third kappa shape index (κ3) is 6.48. The van der Waals surface area contributed by atoms with Crippen molar-refractivity contribution in [2.45, 2.75) is 24.8 Å². The van der Waals surface area contributed by atoms with Crippen molar-refractivity contribution in [3.63, 3.8) is 0 Å². The molecule has 0 radical (unpaired) electrons. The van der Waals surface area contributed by atoms with Gasteiger partial charge in [-0.1, -0.05) is 39.7 Å². The van der Waals surface area contributed by atoms with Crippen molar-refractivity contribution in [3.05, 3.63) is 87.4 Å². The average Bonchev–Trinajstić information content (AvgIpc) is 2.74. The predicted molar refractivity (Wildman–Crippen MR) is 130 cm³/mol. The van der Waals surface area contributed by atoms with Gasteiger partial charge in [0.1, 0.15) is 5.75 Å². The van der Waals surface area contributed by atoms with Crippen molar-refractivity contribution in [1.29, 1.82) is 0 Å². The van der Waals surface area contributed by atoms with Crippen molar-refractivity contribution in [2.24, 2.45) is 0 Å². The van der Waals surface area contributed by atoms with Gasteiger partial charge in [0, 0.05) is 15.2 Å². The van der Waals surface area contributed by atoms with Crippen LogP contribution in [0.25, 0.3) is 0 Å². The summed E-state index contributed by atoms with van der Waals surface area (Å²) in [5, 5.41) is 3.39. The molecule has 3 rings (SSSR count). The molecule has 0 aromatic heterocycles. The van der Waals surface area contributed by atoms with E-state index in [-0.39, 0.29) is 23.5 Å². The summed E-state index contributed by atoms with van der Waals surface area (Å²) in [6.45, 7) is 3.43. The quantitative estimate of drug-likeness (QED) is 0.399. The number of halogens is 2. The van der Waals surface area contributed by atoms with Crippen molar-refractivity contribution in [1.82, 2.24) is 5.32 Å². The number of benzene rings is 3. The molecule has 1 amide bonds. The fourth-order valence-electron chi connectivity index (χ4n) is 2.94. The molecule has 2 N–H and O–H groups in total. The first-order valence-electron chi connectivity index (χ1n) is 9.71. The Morgan fingerprint density at radius 3 is 2.34 bits per heavy atom. The Balaban J connectivity index is 1.60.